The highest BCUT2D eigenvalue weighted by Crippen LogP contribution is 2.58. The van der Waals surface area contributed by atoms with E-state index >= 15 is 0 Å². The molecule has 3 unspecified atom stereocenters. The monoisotopic (exact) mass is 352 g/mol. The fourth-order valence-corrected chi connectivity index (χ4v) is 4.16. The Morgan fingerprint density at radius 3 is 2.90 bits per heavy atom. The van der Waals surface area contributed by atoms with Gasteiger partial charge in [-0.3, -0.25) is 4.79 Å². The van der Waals surface area contributed by atoms with Crippen LogP contribution in [0, 0.1) is 18.3 Å². The van der Waals surface area contributed by atoms with Gasteiger partial charge in [0.15, 0.2) is 0 Å². The first-order chi connectivity index (χ1) is 9.78. The highest BCUT2D eigenvalue weighted by molar-refractivity contribution is 9.10. The normalized spacial score (nSPS) is 33.2. The number of ether oxygens (including phenoxy) is 1. The lowest BCUT2D eigenvalue weighted by Crippen LogP contribution is -2.79. The maximum absolute atomic E-state index is 12.8. The molecule has 3 N–H and O–H groups in total. The van der Waals surface area contributed by atoms with Gasteiger partial charge in [0.2, 0.25) is 5.91 Å². The summed E-state index contributed by atoms with van der Waals surface area (Å²) in [5, 5.41) is 3.01. The molecule has 21 heavy (non-hydrogen) atoms. The van der Waals surface area contributed by atoms with Crippen LogP contribution in [0.2, 0.25) is 0 Å². The van der Waals surface area contributed by atoms with E-state index in [1.54, 1.807) is 0 Å². The quantitative estimate of drug-likeness (QED) is 0.859. The minimum atomic E-state index is -0.872. The lowest BCUT2D eigenvalue weighted by Gasteiger charge is -2.60. The van der Waals surface area contributed by atoms with Gasteiger partial charge in [0.05, 0.1) is 6.10 Å². The molecule has 1 saturated carbocycles. The number of amides is 1. The van der Waals surface area contributed by atoms with Crippen molar-refractivity contribution in [1.82, 2.24) is 0 Å². The maximum atomic E-state index is 12.8. The van der Waals surface area contributed by atoms with E-state index in [9.17, 15) is 4.79 Å². The number of benzene rings is 1. The summed E-state index contributed by atoms with van der Waals surface area (Å²) >= 11 is 3.43. The predicted molar refractivity (Wildman–Crippen MR) is 86.1 cm³/mol. The van der Waals surface area contributed by atoms with Crippen LogP contribution in [0.25, 0.3) is 0 Å². The van der Waals surface area contributed by atoms with Crippen LogP contribution in [0.15, 0.2) is 22.7 Å². The molecule has 114 valence electrons. The van der Waals surface area contributed by atoms with Crippen LogP contribution in [0.4, 0.5) is 5.69 Å². The molecular weight excluding hydrogens is 332 g/mol. The summed E-state index contributed by atoms with van der Waals surface area (Å²) in [7, 11) is 0. The van der Waals surface area contributed by atoms with Crippen LogP contribution in [-0.4, -0.2) is 24.2 Å². The van der Waals surface area contributed by atoms with Crippen molar-refractivity contribution in [3.8, 4) is 0 Å². The Kier molecular flexibility index (Phi) is 3.43. The molecule has 1 aliphatic heterocycles. The summed E-state index contributed by atoms with van der Waals surface area (Å²) in [6.45, 7) is 6.71. The molecular formula is C16H21BrN2O2. The molecule has 1 aromatic carbocycles. The first-order valence-electron chi connectivity index (χ1n) is 7.26. The molecule has 5 heteroatoms. The molecule has 2 aliphatic rings. The number of carbonyl (C=O) groups excluding carboxylic acids is 1. The third-order valence-corrected chi connectivity index (χ3v) is 5.77. The van der Waals surface area contributed by atoms with Gasteiger partial charge in [-0.2, -0.15) is 0 Å². The van der Waals surface area contributed by atoms with Gasteiger partial charge in [-0.25, -0.2) is 0 Å². The SMILES string of the molecule is Cc1ccc(Br)cc1NC(=O)C1(N)C2CCOC2C1(C)C. The van der Waals surface area contributed by atoms with Crippen LogP contribution in [0.1, 0.15) is 25.8 Å². The largest absolute Gasteiger partial charge is 0.377 e. The summed E-state index contributed by atoms with van der Waals surface area (Å²) in [5.74, 6) is 0.000379. The van der Waals surface area contributed by atoms with Crippen molar-refractivity contribution in [2.75, 3.05) is 11.9 Å². The van der Waals surface area contributed by atoms with Gasteiger partial charge in [-0.15, -0.1) is 0 Å². The number of hydrogen-bond donors (Lipinski definition) is 2. The van der Waals surface area contributed by atoms with Crippen molar-refractivity contribution in [3.05, 3.63) is 28.2 Å². The molecule has 0 spiro atoms. The Morgan fingerprint density at radius 1 is 1.48 bits per heavy atom. The van der Waals surface area contributed by atoms with E-state index in [-0.39, 0.29) is 23.3 Å². The van der Waals surface area contributed by atoms with E-state index < -0.39 is 5.54 Å². The number of fused-ring (bicyclic) bond motifs is 1. The van der Waals surface area contributed by atoms with Crippen molar-refractivity contribution in [3.63, 3.8) is 0 Å². The van der Waals surface area contributed by atoms with Crippen LogP contribution >= 0.6 is 15.9 Å². The van der Waals surface area contributed by atoms with E-state index in [2.05, 4.69) is 21.2 Å². The van der Waals surface area contributed by atoms with Gasteiger partial charge in [-0.1, -0.05) is 35.8 Å². The van der Waals surface area contributed by atoms with Crippen LogP contribution in [0.5, 0.6) is 0 Å². The standard InChI is InChI=1S/C16H21BrN2O2/c1-9-4-5-10(17)8-12(9)19-14(20)16(18)11-6-7-21-13(11)15(16,2)3/h4-5,8,11,13H,6-7,18H2,1-3H3,(H,19,20). The van der Waals surface area contributed by atoms with Crippen molar-refractivity contribution in [2.45, 2.75) is 38.8 Å². The Bertz CT molecular complexity index is 602. The summed E-state index contributed by atoms with van der Waals surface area (Å²) in [5.41, 5.74) is 7.14. The van der Waals surface area contributed by atoms with Crippen LogP contribution < -0.4 is 11.1 Å². The summed E-state index contributed by atoms with van der Waals surface area (Å²) in [6.07, 6.45) is 0.951. The minimum Gasteiger partial charge on any atom is -0.377 e. The molecule has 0 bridgehead atoms. The van der Waals surface area contributed by atoms with Crippen molar-refractivity contribution in [2.24, 2.45) is 17.1 Å². The third kappa shape index (κ3) is 1.98. The Morgan fingerprint density at radius 2 is 2.19 bits per heavy atom. The van der Waals surface area contributed by atoms with Gasteiger partial charge in [-0.05, 0) is 31.0 Å². The minimum absolute atomic E-state index is 0.0943. The molecule has 1 aliphatic carbocycles. The van der Waals surface area contributed by atoms with Crippen LogP contribution in [-0.2, 0) is 9.53 Å². The number of halogens is 1. The average molecular weight is 353 g/mol. The molecule has 2 fully saturated rings. The van der Waals surface area contributed by atoms with Gasteiger partial charge in [0.1, 0.15) is 5.54 Å². The van der Waals surface area contributed by atoms with Gasteiger partial charge in [0.25, 0.3) is 0 Å². The molecule has 4 nitrogen and oxygen atoms in total. The Hall–Kier alpha value is -0.910. The van der Waals surface area contributed by atoms with E-state index in [1.807, 2.05) is 39.0 Å². The molecule has 3 rings (SSSR count). The lowest BCUT2D eigenvalue weighted by molar-refractivity contribution is -0.170. The second-order valence-corrected chi connectivity index (χ2v) is 7.61. The highest BCUT2D eigenvalue weighted by Gasteiger charge is 2.71. The third-order valence-electron chi connectivity index (χ3n) is 5.28. The fraction of sp³-hybridized carbons (Fsp3) is 0.562. The summed E-state index contributed by atoms with van der Waals surface area (Å²) < 4.78 is 6.67. The zero-order valence-electron chi connectivity index (χ0n) is 12.6. The smallest absolute Gasteiger partial charge is 0.245 e. The molecule has 3 atom stereocenters. The van der Waals surface area contributed by atoms with Crippen molar-refractivity contribution < 1.29 is 9.53 Å². The van der Waals surface area contributed by atoms with Crippen LogP contribution in [0.3, 0.4) is 0 Å². The Balaban J connectivity index is 1.87. The molecule has 0 aromatic heterocycles. The number of rotatable bonds is 2. The average Bonchev–Trinajstić information content (AvgIpc) is 2.90. The molecule has 1 heterocycles. The maximum Gasteiger partial charge on any atom is 0.245 e. The zero-order chi connectivity index (χ0) is 15.4. The zero-order valence-corrected chi connectivity index (χ0v) is 14.2. The first-order valence-corrected chi connectivity index (χ1v) is 8.06. The van der Waals surface area contributed by atoms with Gasteiger partial charge >= 0.3 is 0 Å². The molecule has 1 saturated heterocycles. The Labute approximate surface area is 133 Å². The predicted octanol–water partition coefficient (Wildman–Crippen LogP) is 2.84. The second kappa shape index (κ2) is 4.80. The second-order valence-electron chi connectivity index (χ2n) is 6.69. The van der Waals surface area contributed by atoms with E-state index in [0.29, 0.717) is 6.61 Å². The summed E-state index contributed by atoms with van der Waals surface area (Å²) in [4.78, 5) is 12.8. The number of aryl methyl sites for hydroxylation is 1. The van der Waals surface area contributed by atoms with E-state index in [4.69, 9.17) is 10.5 Å². The van der Waals surface area contributed by atoms with E-state index in [1.165, 1.54) is 0 Å². The number of nitrogens with one attached hydrogen (secondary N) is 1. The molecule has 0 radical (unpaired) electrons. The number of hydrogen-bond acceptors (Lipinski definition) is 3. The number of anilines is 1. The van der Waals surface area contributed by atoms with Gasteiger partial charge < -0.3 is 15.8 Å². The first kappa shape index (κ1) is 15.0. The van der Waals surface area contributed by atoms with Crippen molar-refractivity contribution >= 4 is 27.5 Å². The lowest BCUT2D eigenvalue weighted by atomic mass is 9.48. The number of nitrogens with two attached hydrogens (primary N) is 1. The topological polar surface area (TPSA) is 64.4 Å². The number of carbonyl (C=O) groups is 1. The molecule has 1 amide bonds. The fourth-order valence-electron chi connectivity index (χ4n) is 3.80. The van der Waals surface area contributed by atoms with Gasteiger partial charge in [0, 0.05) is 28.1 Å². The van der Waals surface area contributed by atoms with E-state index in [0.717, 1.165) is 22.1 Å². The van der Waals surface area contributed by atoms with Crippen molar-refractivity contribution in [1.29, 1.82) is 0 Å². The molecule has 1 aromatic rings. The highest BCUT2D eigenvalue weighted by atomic mass is 79.9. The summed E-state index contributed by atoms with van der Waals surface area (Å²) in [6, 6.07) is 5.83.